The molecule has 0 saturated carbocycles. The smallest absolute Gasteiger partial charge is 0.414 e. The molecule has 0 saturated heterocycles. The first-order chi connectivity index (χ1) is 7.95. The Bertz CT molecular complexity index is 441. The number of ether oxygens (including phenoxy) is 2. The number of methoxy groups -OCH3 is 1. The normalized spacial score (nSPS) is 9.59. The van der Waals surface area contributed by atoms with Gasteiger partial charge >= 0.3 is 12.1 Å². The van der Waals surface area contributed by atoms with Crippen molar-refractivity contribution in [3.8, 4) is 11.5 Å². The van der Waals surface area contributed by atoms with Gasteiger partial charge in [0.05, 0.1) is 7.11 Å². The Morgan fingerprint density at radius 3 is 2.47 bits per heavy atom. The summed E-state index contributed by atoms with van der Waals surface area (Å²) in [5, 5.41) is 9.43. The van der Waals surface area contributed by atoms with Gasteiger partial charge in [0.15, 0.2) is 0 Å². The molecule has 0 bridgehead atoms. The maximum absolute atomic E-state index is 11.3. The van der Waals surface area contributed by atoms with Crippen molar-refractivity contribution in [3.63, 3.8) is 0 Å². The Labute approximate surface area is 98.4 Å². The molecule has 0 radical (unpaired) electrons. The van der Waals surface area contributed by atoms with Crippen LogP contribution in [0.15, 0.2) is 18.2 Å². The van der Waals surface area contributed by atoms with Crippen LogP contribution in [0.2, 0.25) is 0 Å². The number of esters is 1. The summed E-state index contributed by atoms with van der Waals surface area (Å²) in [5.41, 5.74) is -0.0587. The van der Waals surface area contributed by atoms with E-state index in [2.05, 4.69) is 4.74 Å². The second-order valence-electron chi connectivity index (χ2n) is 3.43. The summed E-state index contributed by atoms with van der Waals surface area (Å²) in [7, 11) is 4.26. The predicted molar refractivity (Wildman–Crippen MR) is 59.2 cm³/mol. The zero-order chi connectivity index (χ0) is 13.0. The van der Waals surface area contributed by atoms with Crippen molar-refractivity contribution in [3.05, 3.63) is 23.8 Å². The number of nitrogens with zero attached hydrogens (tertiary/aromatic N) is 1. The maximum Gasteiger partial charge on any atom is 0.414 e. The van der Waals surface area contributed by atoms with Gasteiger partial charge in [0, 0.05) is 14.1 Å². The molecule has 0 fully saturated rings. The van der Waals surface area contributed by atoms with Crippen LogP contribution in [0, 0.1) is 0 Å². The molecule has 0 aliphatic carbocycles. The fraction of sp³-hybridized carbons (Fsp3) is 0.273. The largest absolute Gasteiger partial charge is 0.507 e. The maximum atomic E-state index is 11.3. The molecular formula is C11H13NO5. The number of hydrogen-bond acceptors (Lipinski definition) is 5. The first-order valence-electron chi connectivity index (χ1n) is 4.76. The highest BCUT2D eigenvalue weighted by Crippen LogP contribution is 2.23. The number of carbonyl (C=O) groups excluding carboxylic acids is 2. The number of phenolic OH excluding ortho intramolecular Hbond substituents is 1. The summed E-state index contributed by atoms with van der Waals surface area (Å²) in [6, 6.07) is 3.87. The van der Waals surface area contributed by atoms with E-state index in [-0.39, 0.29) is 17.1 Å². The Kier molecular flexibility index (Phi) is 3.92. The van der Waals surface area contributed by atoms with Gasteiger partial charge in [-0.3, -0.25) is 0 Å². The highest BCUT2D eigenvalue weighted by molar-refractivity contribution is 5.93. The summed E-state index contributed by atoms with van der Waals surface area (Å²) in [5.74, 6) is -0.784. The van der Waals surface area contributed by atoms with Gasteiger partial charge in [-0.25, -0.2) is 9.59 Å². The van der Waals surface area contributed by atoms with E-state index in [0.717, 1.165) is 0 Å². The van der Waals surface area contributed by atoms with E-state index in [1.54, 1.807) is 0 Å². The van der Waals surface area contributed by atoms with Crippen LogP contribution in [0.3, 0.4) is 0 Å². The second-order valence-corrected chi connectivity index (χ2v) is 3.43. The van der Waals surface area contributed by atoms with Crippen LogP contribution in [0.5, 0.6) is 11.5 Å². The number of amides is 1. The number of aromatic hydroxyl groups is 1. The van der Waals surface area contributed by atoms with Crippen LogP contribution in [0.4, 0.5) is 4.79 Å². The molecule has 0 aliphatic rings. The van der Waals surface area contributed by atoms with Crippen molar-refractivity contribution >= 4 is 12.1 Å². The first kappa shape index (κ1) is 12.8. The molecular weight excluding hydrogens is 226 g/mol. The van der Waals surface area contributed by atoms with Gasteiger partial charge < -0.3 is 19.5 Å². The molecule has 0 unspecified atom stereocenters. The standard InChI is InChI=1S/C11H13NO5/c1-12(2)11(15)17-7-4-5-9(13)8(6-7)10(14)16-3/h4-6,13H,1-3H3. The second kappa shape index (κ2) is 5.20. The van der Waals surface area contributed by atoms with Crippen LogP contribution in [0.25, 0.3) is 0 Å². The molecule has 92 valence electrons. The molecule has 1 rings (SSSR count). The minimum atomic E-state index is -0.703. The lowest BCUT2D eigenvalue weighted by Gasteiger charge is -2.11. The SMILES string of the molecule is COC(=O)c1cc(OC(=O)N(C)C)ccc1O. The Morgan fingerprint density at radius 1 is 1.29 bits per heavy atom. The van der Waals surface area contributed by atoms with Gasteiger partial charge in [-0.15, -0.1) is 0 Å². The Morgan fingerprint density at radius 2 is 1.94 bits per heavy atom. The number of benzene rings is 1. The molecule has 6 nitrogen and oxygen atoms in total. The summed E-state index contributed by atoms with van der Waals surface area (Å²) in [4.78, 5) is 23.8. The fourth-order valence-electron chi connectivity index (χ4n) is 1.04. The van der Waals surface area contributed by atoms with E-state index in [1.165, 1.54) is 44.3 Å². The molecule has 1 N–H and O–H groups in total. The summed E-state index contributed by atoms with van der Waals surface area (Å²) < 4.78 is 9.41. The summed E-state index contributed by atoms with van der Waals surface area (Å²) in [6.45, 7) is 0. The van der Waals surface area contributed by atoms with Crippen LogP contribution in [-0.4, -0.2) is 43.3 Å². The van der Waals surface area contributed by atoms with E-state index in [1.807, 2.05) is 0 Å². The fourth-order valence-corrected chi connectivity index (χ4v) is 1.04. The molecule has 0 spiro atoms. The molecule has 0 aromatic heterocycles. The molecule has 1 aromatic carbocycles. The summed E-state index contributed by atoms with van der Waals surface area (Å²) >= 11 is 0. The lowest BCUT2D eigenvalue weighted by atomic mass is 10.2. The van der Waals surface area contributed by atoms with Crippen molar-refractivity contribution < 1.29 is 24.2 Å². The molecule has 1 amide bonds. The average molecular weight is 239 g/mol. The van der Waals surface area contributed by atoms with Gasteiger partial charge in [0.25, 0.3) is 0 Å². The lowest BCUT2D eigenvalue weighted by molar-refractivity contribution is 0.0596. The van der Waals surface area contributed by atoms with Crippen molar-refractivity contribution in [2.45, 2.75) is 0 Å². The molecule has 1 aromatic rings. The zero-order valence-corrected chi connectivity index (χ0v) is 9.76. The number of rotatable bonds is 2. The summed E-state index contributed by atoms with van der Waals surface area (Å²) in [6.07, 6.45) is -0.577. The first-order valence-corrected chi connectivity index (χ1v) is 4.76. The Hall–Kier alpha value is -2.24. The third-order valence-corrected chi connectivity index (χ3v) is 1.94. The van der Waals surface area contributed by atoms with Crippen molar-refractivity contribution in [1.29, 1.82) is 0 Å². The molecule has 0 atom stereocenters. The van der Waals surface area contributed by atoms with E-state index in [9.17, 15) is 14.7 Å². The van der Waals surface area contributed by atoms with E-state index in [4.69, 9.17) is 4.74 Å². The van der Waals surface area contributed by atoms with Crippen molar-refractivity contribution in [2.24, 2.45) is 0 Å². The third-order valence-electron chi connectivity index (χ3n) is 1.94. The number of phenols is 1. The van der Waals surface area contributed by atoms with Crippen LogP contribution in [-0.2, 0) is 4.74 Å². The van der Waals surface area contributed by atoms with Gasteiger partial charge in [0.2, 0.25) is 0 Å². The van der Waals surface area contributed by atoms with Gasteiger partial charge in [0.1, 0.15) is 17.1 Å². The number of carbonyl (C=O) groups is 2. The minimum absolute atomic E-state index is 0.0587. The minimum Gasteiger partial charge on any atom is -0.507 e. The van der Waals surface area contributed by atoms with Crippen LogP contribution < -0.4 is 4.74 Å². The molecule has 17 heavy (non-hydrogen) atoms. The van der Waals surface area contributed by atoms with Gasteiger partial charge in [-0.2, -0.15) is 0 Å². The van der Waals surface area contributed by atoms with E-state index in [0.29, 0.717) is 0 Å². The van der Waals surface area contributed by atoms with Crippen LogP contribution in [0.1, 0.15) is 10.4 Å². The monoisotopic (exact) mass is 239 g/mol. The highest BCUT2D eigenvalue weighted by Gasteiger charge is 2.14. The van der Waals surface area contributed by atoms with Crippen molar-refractivity contribution in [1.82, 2.24) is 4.90 Å². The topological polar surface area (TPSA) is 76.1 Å². The third kappa shape index (κ3) is 3.10. The average Bonchev–Trinajstić information content (AvgIpc) is 2.30. The Balaban J connectivity index is 2.97. The lowest BCUT2D eigenvalue weighted by Crippen LogP contribution is -2.25. The number of hydrogen-bond donors (Lipinski definition) is 1. The quantitative estimate of drug-likeness (QED) is 0.786. The van der Waals surface area contributed by atoms with E-state index < -0.39 is 12.1 Å². The van der Waals surface area contributed by atoms with Crippen LogP contribution >= 0.6 is 0 Å². The van der Waals surface area contributed by atoms with Gasteiger partial charge in [-0.05, 0) is 18.2 Å². The molecule has 6 heteroatoms. The zero-order valence-electron chi connectivity index (χ0n) is 9.76. The highest BCUT2D eigenvalue weighted by atomic mass is 16.6. The molecule has 0 aliphatic heterocycles. The predicted octanol–water partition coefficient (Wildman–Crippen LogP) is 1.24. The van der Waals surface area contributed by atoms with Crippen molar-refractivity contribution in [2.75, 3.05) is 21.2 Å². The van der Waals surface area contributed by atoms with E-state index >= 15 is 0 Å². The van der Waals surface area contributed by atoms with Gasteiger partial charge in [-0.1, -0.05) is 0 Å². The molecule has 0 heterocycles.